The quantitative estimate of drug-likeness (QED) is 0.485. The first kappa shape index (κ1) is 26.3. The van der Waals surface area contributed by atoms with Gasteiger partial charge in [0.2, 0.25) is 11.6 Å². The number of benzene rings is 2. The second kappa shape index (κ2) is 10.5. The van der Waals surface area contributed by atoms with Crippen molar-refractivity contribution >= 4 is 24.1 Å². The zero-order valence-corrected chi connectivity index (χ0v) is 22.0. The van der Waals surface area contributed by atoms with Crippen molar-refractivity contribution in [3.63, 3.8) is 0 Å². The number of fused-ring (bicyclic) bond motifs is 2. The van der Waals surface area contributed by atoms with Crippen molar-refractivity contribution in [3.05, 3.63) is 81.9 Å². The number of hydrogen-bond donors (Lipinski definition) is 0. The van der Waals surface area contributed by atoms with Crippen molar-refractivity contribution in [1.29, 1.82) is 0 Å². The maximum Gasteiger partial charge on any atom is 0.334 e. The van der Waals surface area contributed by atoms with E-state index < -0.39 is 35.7 Å². The fourth-order valence-electron chi connectivity index (χ4n) is 5.02. The minimum absolute atomic E-state index is 0.123. The number of hydrogen-bond acceptors (Lipinski definition) is 8. The summed E-state index contributed by atoms with van der Waals surface area (Å²) in [7, 11) is 2.96. The van der Waals surface area contributed by atoms with Crippen molar-refractivity contribution < 1.29 is 38.0 Å². The number of carbonyl (C=O) groups excluding carboxylic acids is 2. The van der Waals surface area contributed by atoms with E-state index in [1.807, 2.05) is 60.7 Å². The Kier molecular flexibility index (Phi) is 7.24. The van der Waals surface area contributed by atoms with Crippen LogP contribution in [0.25, 0.3) is 12.2 Å². The van der Waals surface area contributed by atoms with E-state index in [-0.39, 0.29) is 13.2 Å². The largest absolute Gasteiger partial charge is 0.459 e. The molecule has 1 heterocycles. The molecule has 2 aromatic rings. The van der Waals surface area contributed by atoms with Crippen LogP contribution in [0.5, 0.6) is 0 Å². The lowest BCUT2D eigenvalue weighted by molar-refractivity contribution is -0.451. The maximum absolute atomic E-state index is 12.9. The van der Waals surface area contributed by atoms with Crippen LogP contribution < -0.4 is 0 Å². The van der Waals surface area contributed by atoms with Gasteiger partial charge in [-0.2, -0.15) is 0 Å². The van der Waals surface area contributed by atoms with Crippen LogP contribution in [0.4, 0.5) is 0 Å². The molecule has 1 aliphatic heterocycles. The molecular formula is C30H32O8. The van der Waals surface area contributed by atoms with E-state index in [9.17, 15) is 9.59 Å². The summed E-state index contributed by atoms with van der Waals surface area (Å²) in [5.41, 5.74) is 5.30. The molecule has 0 N–H and O–H groups in total. The Balaban J connectivity index is 1.26. The maximum atomic E-state index is 12.9. The highest BCUT2D eigenvalue weighted by Crippen LogP contribution is 2.39. The molecule has 0 bridgehead atoms. The molecule has 0 aromatic heterocycles. The average Bonchev–Trinajstić information content (AvgIpc) is 3.57. The van der Waals surface area contributed by atoms with Crippen molar-refractivity contribution in [3.8, 4) is 0 Å². The highest BCUT2D eigenvalue weighted by atomic mass is 16.8. The van der Waals surface area contributed by atoms with E-state index >= 15 is 0 Å². The Hall–Kier alpha value is -3.30. The lowest BCUT2D eigenvalue weighted by Gasteiger charge is -2.51. The fraction of sp³-hybridized carbons (Fsp3) is 0.400. The van der Waals surface area contributed by atoms with Crippen LogP contribution in [0, 0.1) is 0 Å². The number of esters is 2. The summed E-state index contributed by atoms with van der Waals surface area (Å²) in [6.45, 7) is 3.12. The van der Waals surface area contributed by atoms with Gasteiger partial charge in [-0.25, -0.2) is 9.59 Å². The van der Waals surface area contributed by atoms with Gasteiger partial charge in [0.25, 0.3) is 0 Å². The molecule has 0 spiro atoms. The first-order chi connectivity index (χ1) is 18.2. The third kappa shape index (κ3) is 4.92. The van der Waals surface area contributed by atoms with Crippen molar-refractivity contribution in [2.75, 3.05) is 27.4 Å². The van der Waals surface area contributed by atoms with Gasteiger partial charge in [0.1, 0.15) is 25.4 Å². The van der Waals surface area contributed by atoms with E-state index in [0.717, 1.165) is 22.3 Å². The fourth-order valence-corrected chi connectivity index (χ4v) is 5.02. The Morgan fingerprint density at radius 2 is 1.13 bits per heavy atom. The second-order valence-electron chi connectivity index (χ2n) is 9.90. The number of ether oxygens (including phenoxy) is 6. The van der Waals surface area contributed by atoms with E-state index in [1.165, 1.54) is 14.2 Å². The van der Waals surface area contributed by atoms with Crippen molar-refractivity contribution in [1.82, 2.24) is 0 Å². The van der Waals surface area contributed by atoms with Crippen LogP contribution >= 0.6 is 0 Å². The van der Waals surface area contributed by atoms with Crippen LogP contribution in [-0.2, 0) is 50.9 Å². The SMILES string of the molecule is CO[C@]1(C)O[C@@H](COC(=O)C2=Cc3ccccc3C2)[C@H](COC(=O)C2=Cc3ccccc3C2)O[C@@]1(C)OC. The Bertz CT molecular complexity index is 1200. The topological polar surface area (TPSA) is 89.5 Å². The molecule has 8 heteroatoms. The zero-order valence-electron chi connectivity index (χ0n) is 22.0. The van der Waals surface area contributed by atoms with E-state index in [2.05, 4.69) is 0 Å². The third-order valence-electron chi connectivity index (χ3n) is 7.58. The van der Waals surface area contributed by atoms with Gasteiger partial charge in [0, 0.05) is 38.2 Å². The molecule has 5 rings (SSSR count). The summed E-state index contributed by atoms with van der Waals surface area (Å²) in [5.74, 6) is -3.49. The number of methoxy groups -OCH3 is 2. The van der Waals surface area contributed by atoms with Crippen LogP contribution in [0.2, 0.25) is 0 Å². The molecule has 0 unspecified atom stereocenters. The monoisotopic (exact) mass is 520 g/mol. The number of rotatable bonds is 8. The summed E-state index contributed by atoms with van der Waals surface area (Å²) >= 11 is 0. The van der Waals surface area contributed by atoms with Gasteiger partial charge < -0.3 is 28.4 Å². The summed E-state index contributed by atoms with van der Waals surface area (Å²) in [6.07, 6.45) is 3.13. The predicted molar refractivity (Wildman–Crippen MR) is 139 cm³/mol. The average molecular weight is 521 g/mol. The van der Waals surface area contributed by atoms with Crippen LogP contribution in [0.3, 0.4) is 0 Å². The normalized spacial score (nSPS) is 27.7. The van der Waals surface area contributed by atoms with Gasteiger partial charge in [-0.3, -0.25) is 0 Å². The van der Waals surface area contributed by atoms with Gasteiger partial charge in [-0.05, 0) is 48.3 Å². The minimum Gasteiger partial charge on any atom is -0.459 e. The third-order valence-corrected chi connectivity index (χ3v) is 7.58. The molecule has 200 valence electrons. The highest BCUT2D eigenvalue weighted by molar-refractivity contribution is 5.97. The molecule has 38 heavy (non-hydrogen) atoms. The highest BCUT2D eigenvalue weighted by Gasteiger charge is 2.57. The molecule has 0 amide bonds. The lowest BCUT2D eigenvalue weighted by atomic mass is 10.0. The number of carbonyl (C=O) groups is 2. The van der Waals surface area contributed by atoms with Gasteiger partial charge in [-0.1, -0.05) is 48.5 Å². The smallest absolute Gasteiger partial charge is 0.334 e. The van der Waals surface area contributed by atoms with Crippen LogP contribution in [0.1, 0.15) is 36.1 Å². The molecule has 2 aliphatic carbocycles. The van der Waals surface area contributed by atoms with Gasteiger partial charge in [0.15, 0.2) is 0 Å². The molecule has 8 nitrogen and oxygen atoms in total. The van der Waals surface area contributed by atoms with E-state index in [1.54, 1.807) is 13.8 Å². The summed E-state index contributed by atoms with van der Waals surface area (Å²) in [4.78, 5) is 25.8. The van der Waals surface area contributed by atoms with Gasteiger partial charge in [0.05, 0.1) is 0 Å². The van der Waals surface area contributed by atoms with Crippen LogP contribution in [0.15, 0.2) is 59.7 Å². The molecular weight excluding hydrogens is 488 g/mol. The Labute approximate surface area is 222 Å². The zero-order chi connectivity index (χ0) is 26.9. The van der Waals surface area contributed by atoms with Gasteiger partial charge in [-0.15, -0.1) is 0 Å². The van der Waals surface area contributed by atoms with Crippen LogP contribution in [-0.4, -0.2) is 63.2 Å². The molecule has 2 aromatic carbocycles. The van der Waals surface area contributed by atoms with Gasteiger partial charge >= 0.3 is 11.9 Å². The first-order valence-corrected chi connectivity index (χ1v) is 12.6. The molecule has 0 radical (unpaired) electrons. The first-order valence-electron chi connectivity index (χ1n) is 12.6. The summed E-state index contributed by atoms with van der Waals surface area (Å²) in [6, 6.07) is 15.7. The second-order valence-corrected chi connectivity index (χ2v) is 9.90. The minimum atomic E-state index is -1.31. The molecule has 3 aliphatic rings. The molecule has 1 fully saturated rings. The predicted octanol–water partition coefficient (Wildman–Crippen LogP) is 3.86. The molecule has 1 saturated heterocycles. The summed E-state index contributed by atoms with van der Waals surface area (Å²) < 4.78 is 35.0. The summed E-state index contributed by atoms with van der Waals surface area (Å²) in [5, 5.41) is 0. The van der Waals surface area contributed by atoms with E-state index in [0.29, 0.717) is 24.0 Å². The molecule has 4 atom stereocenters. The Morgan fingerprint density at radius 3 is 1.50 bits per heavy atom. The van der Waals surface area contributed by atoms with Crippen molar-refractivity contribution in [2.45, 2.75) is 50.5 Å². The Morgan fingerprint density at radius 1 is 0.737 bits per heavy atom. The lowest BCUT2D eigenvalue weighted by Crippen LogP contribution is -2.66. The van der Waals surface area contributed by atoms with E-state index in [4.69, 9.17) is 28.4 Å². The molecule has 0 saturated carbocycles. The standard InChI is InChI=1S/C30H32O8/c1-29(33-3)30(2,34-4)38-26(18-36-28(32)24-15-21-11-7-8-12-22(21)16-24)25(37-29)17-35-27(31)23-13-19-9-5-6-10-20(19)14-23/h5-13,15,25-26H,14,16-18H2,1-4H3/t25-,26-,29+,30+/m0/s1. The van der Waals surface area contributed by atoms with Crippen molar-refractivity contribution in [2.24, 2.45) is 0 Å².